The van der Waals surface area contributed by atoms with Gasteiger partial charge in [0.25, 0.3) is 0 Å². The van der Waals surface area contributed by atoms with E-state index in [4.69, 9.17) is 20.0 Å². The number of rotatable bonds is 8. The van der Waals surface area contributed by atoms with Crippen LogP contribution < -0.4 is 0 Å². The van der Waals surface area contributed by atoms with Gasteiger partial charge in [-0.05, 0) is 109 Å². The molecule has 41 heavy (non-hydrogen) atoms. The van der Waals surface area contributed by atoms with Crippen molar-refractivity contribution in [2.24, 2.45) is 20.0 Å². The van der Waals surface area contributed by atoms with Crippen molar-refractivity contribution < 1.29 is 20.1 Å². The molecule has 0 aromatic carbocycles. The van der Waals surface area contributed by atoms with Crippen molar-refractivity contribution in [1.29, 1.82) is 0 Å². The Morgan fingerprint density at radius 1 is 0.439 bits per heavy atom. The summed E-state index contributed by atoms with van der Waals surface area (Å²) in [6, 6.07) is 0. The first kappa shape index (κ1) is 31.2. The summed E-state index contributed by atoms with van der Waals surface area (Å²) in [5.74, 6) is 0. The van der Waals surface area contributed by atoms with E-state index in [9.17, 15) is 0 Å². The van der Waals surface area contributed by atoms with Gasteiger partial charge in [0.05, 0.1) is 45.6 Å². The van der Waals surface area contributed by atoms with Crippen molar-refractivity contribution in [3.05, 3.63) is 91.7 Å². The first-order valence-corrected chi connectivity index (χ1v) is 15.6. The number of aliphatic imine (C=N–C) groups is 4. The van der Waals surface area contributed by atoms with Crippen LogP contribution in [0.2, 0.25) is 0 Å². The van der Waals surface area contributed by atoms with E-state index in [1.807, 2.05) is 0 Å². The zero-order valence-corrected chi connectivity index (χ0v) is 28.5. The number of hydrogen-bond donors (Lipinski definition) is 0. The molecular weight excluding hydrogens is 681 g/mol. The smallest absolute Gasteiger partial charge is 0.0726 e. The predicted octanol–water partition coefficient (Wildman–Crippen LogP) is 9.82. The monoisotopic (exact) mass is 725 g/mol. The molecule has 0 aromatic rings. The summed E-state index contributed by atoms with van der Waals surface area (Å²) >= 11 is 0. The van der Waals surface area contributed by atoms with Gasteiger partial charge in [-0.2, -0.15) is 0 Å². The Bertz CT molecular complexity index is 1540. The van der Waals surface area contributed by atoms with Crippen LogP contribution in [0.1, 0.15) is 107 Å². The molecule has 217 valence electrons. The first-order chi connectivity index (χ1) is 19.5. The Balaban J connectivity index is 0.00000387. The Morgan fingerprint density at radius 2 is 0.927 bits per heavy atom. The van der Waals surface area contributed by atoms with Crippen LogP contribution in [0.25, 0.3) is 0 Å². The molecule has 0 saturated carbocycles. The molecule has 0 aromatic heterocycles. The topological polar surface area (TPSA) is 49.4 Å². The van der Waals surface area contributed by atoms with Gasteiger partial charge in [0, 0.05) is 31.3 Å². The molecule has 8 bridgehead atoms. The van der Waals surface area contributed by atoms with Gasteiger partial charge in [0.1, 0.15) is 0 Å². The third-order valence-electron chi connectivity index (χ3n) is 8.77. The van der Waals surface area contributed by atoms with Crippen molar-refractivity contribution >= 4 is 22.8 Å². The number of allylic oxidation sites excluding steroid dienone is 12. The quantitative estimate of drug-likeness (QED) is 0.240. The van der Waals surface area contributed by atoms with Gasteiger partial charge in [-0.25, -0.2) is 20.0 Å². The van der Waals surface area contributed by atoms with Crippen LogP contribution in [0.3, 0.4) is 0 Å². The normalized spacial score (nSPS) is 20.1. The van der Waals surface area contributed by atoms with Crippen LogP contribution in [0.15, 0.2) is 112 Å². The van der Waals surface area contributed by atoms with Crippen LogP contribution in [0.5, 0.6) is 0 Å². The van der Waals surface area contributed by atoms with E-state index in [2.05, 4.69) is 79.7 Å². The van der Waals surface area contributed by atoms with Gasteiger partial charge in [-0.15, -0.1) is 0 Å². The number of fused-ring (bicyclic) bond motifs is 4. The van der Waals surface area contributed by atoms with Crippen molar-refractivity contribution in [3.8, 4) is 0 Å². The van der Waals surface area contributed by atoms with E-state index in [1.165, 1.54) is 44.6 Å². The first-order valence-electron chi connectivity index (χ1n) is 15.6. The van der Waals surface area contributed by atoms with E-state index >= 15 is 0 Å². The van der Waals surface area contributed by atoms with Crippen LogP contribution in [0.4, 0.5) is 0 Å². The van der Waals surface area contributed by atoms with Gasteiger partial charge in [-0.3, -0.25) is 0 Å². The third kappa shape index (κ3) is 5.21. The molecule has 5 heteroatoms. The summed E-state index contributed by atoms with van der Waals surface area (Å²) in [6.45, 7) is 18.1. The fraction of sp³-hybridized carbons (Fsp3) is 0.444. The minimum absolute atomic E-state index is 0. The van der Waals surface area contributed by atoms with Gasteiger partial charge < -0.3 is 0 Å². The Morgan fingerprint density at radius 3 is 1.49 bits per heavy atom. The molecule has 5 rings (SSSR count). The van der Waals surface area contributed by atoms with Crippen LogP contribution in [0, 0.1) is 0 Å². The molecule has 0 atom stereocenters. The zero-order valence-electron chi connectivity index (χ0n) is 26.1. The van der Waals surface area contributed by atoms with Crippen molar-refractivity contribution in [2.45, 2.75) is 107 Å². The van der Waals surface area contributed by atoms with Gasteiger partial charge in [0.2, 0.25) is 0 Å². The molecule has 5 heterocycles. The molecule has 0 unspecified atom stereocenters. The standard InChI is InChI=1S/C36H44N4.Ir/c1-9-23-25(11-3)33-29(15-7)35-27(13-5)28(14-6)36(40-35)30(16-8)34-26(12-4)24(10-2)32(39-34)20-22-18-17-21(37-22)19-31(23)38-33;/h17-20H,9-16H2,1-8H3;. The number of nitrogens with zero attached hydrogens (tertiary/aromatic N) is 4. The average Bonchev–Trinajstić information content (AvgIpc) is 3.73. The van der Waals surface area contributed by atoms with E-state index in [0.29, 0.717) is 0 Å². The fourth-order valence-electron chi connectivity index (χ4n) is 6.92. The molecule has 0 N–H and O–H groups in total. The maximum atomic E-state index is 5.54. The minimum atomic E-state index is 0. The SMILES string of the molecule is CCC1=C(CC)C2=NC1=CC1=NC(=CC3=NC(=C(CC)C4=NC(=C2CC)C(CC)=C4CC)C(CC)=C3CC)C=C1.[Ir]. The van der Waals surface area contributed by atoms with Crippen molar-refractivity contribution in [2.75, 3.05) is 0 Å². The maximum Gasteiger partial charge on any atom is 0.0726 e. The molecule has 0 aliphatic carbocycles. The Hall–Kier alpha value is -2.75. The zero-order chi connectivity index (χ0) is 28.6. The molecular formula is C36H44IrN4. The van der Waals surface area contributed by atoms with Gasteiger partial charge in [-0.1, -0.05) is 55.4 Å². The predicted molar refractivity (Wildman–Crippen MR) is 173 cm³/mol. The van der Waals surface area contributed by atoms with Gasteiger partial charge >= 0.3 is 0 Å². The molecule has 1 radical (unpaired) electrons. The molecule has 5 aliphatic rings. The van der Waals surface area contributed by atoms with Crippen LogP contribution >= 0.6 is 0 Å². The van der Waals surface area contributed by atoms with Crippen molar-refractivity contribution in [3.63, 3.8) is 0 Å². The summed E-state index contributed by atoms with van der Waals surface area (Å²) in [5, 5.41) is 0. The van der Waals surface area contributed by atoms with Crippen LogP contribution in [-0.2, 0) is 20.1 Å². The Kier molecular flexibility index (Phi) is 9.93. The molecule has 4 nitrogen and oxygen atoms in total. The summed E-state index contributed by atoms with van der Waals surface area (Å²) in [7, 11) is 0. The second-order valence-corrected chi connectivity index (χ2v) is 10.7. The summed E-state index contributed by atoms with van der Waals surface area (Å²) in [4.78, 5) is 21.2. The second-order valence-electron chi connectivity index (χ2n) is 10.7. The minimum Gasteiger partial charge on any atom is -0.249 e. The fourth-order valence-corrected chi connectivity index (χ4v) is 6.92. The molecule has 0 saturated heterocycles. The van der Waals surface area contributed by atoms with E-state index < -0.39 is 0 Å². The van der Waals surface area contributed by atoms with Gasteiger partial charge in [0.15, 0.2) is 0 Å². The number of hydrogen-bond acceptors (Lipinski definition) is 4. The van der Waals surface area contributed by atoms with E-state index in [1.54, 1.807) is 0 Å². The molecule has 0 spiro atoms. The van der Waals surface area contributed by atoms with Crippen molar-refractivity contribution in [1.82, 2.24) is 0 Å². The van der Waals surface area contributed by atoms with E-state index in [0.717, 1.165) is 97.0 Å². The van der Waals surface area contributed by atoms with Crippen LogP contribution in [-0.4, -0.2) is 22.8 Å². The summed E-state index contributed by atoms with van der Waals surface area (Å²) < 4.78 is 0. The second kappa shape index (κ2) is 13.0. The molecule has 0 amide bonds. The maximum absolute atomic E-state index is 5.54. The van der Waals surface area contributed by atoms with E-state index in [-0.39, 0.29) is 20.1 Å². The third-order valence-corrected chi connectivity index (χ3v) is 8.77. The average molecular weight is 725 g/mol. The molecule has 5 aliphatic heterocycles. The Labute approximate surface area is 260 Å². The summed E-state index contributed by atoms with van der Waals surface area (Å²) in [5.41, 5.74) is 19.3. The summed E-state index contributed by atoms with van der Waals surface area (Å²) in [6.07, 6.45) is 16.1. The largest absolute Gasteiger partial charge is 0.249 e. The molecule has 0 fully saturated rings.